The maximum atomic E-state index is 11.5. The van der Waals surface area contributed by atoms with Crippen LogP contribution in [0.4, 0.5) is 0 Å². The van der Waals surface area contributed by atoms with E-state index >= 15 is 0 Å². The first-order chi connectivity index (χ1) is 7.67. The first-order valence-corrected chi connectivity index (χ1v) is 6.25. The molecule has 4 heteroatoms. The maximum absolute atomic E-state index is 11.5. The Morgan fingerprint density at radius 3 is 2.56 bits per heavy atom. The molecule has 1 aliphatic heterocycles. The molecule has 92 valence electrons. The molecule has 0 aromatic heterocycles. The lowest BCUT2D eigenvalue weighted by molar-refractivity contribution is -0.124. The molecule has 0 aromatic carbocycles. The number of carbonyl (C=O) groups excluding carboxylic acids is 1. The molecule has 0 radical (unpaired) electrons. The highest BCUT2D eigenvalue weighted by Gasteiger charge is 2.14. The van der Waals surface area contributed by atoms with Crippen LogP contribution in [0.5, 0.6) is 0 Å². The van der Waals surface area contributed by atoms with E-state index in [1.807, 2.05) is 13.8 Å². The molecule has 16 heavy (non-hydrogen) atoms. The predicted molar refractivity (Wildman–Crippen MR) is 66.4 cm³/mol. The zero-order valence-electron chi connectivity index (χ0n) is 10.6. The van der Waals surface area contributed by atoms with Gasteiger partial charge < -0.3 is 4.90 Å². The smallest absolute Gasteiger partial charge is 0.242 e. The van der Waals surface area contributed by atoms with Crippen LogP contribution in [-0.2, 0) is 4.79 Å². The molecule has 1 heterocycles. The zero-order chi connectivity index (χ0) is 12.0. The van der Waals surface area contributed by atoms with E-state index in [0.717, 1.165) is 44.6 Å². The van der Waals surface area contributed by atoms with E-state index in [-0.39, 0.29) is 11.8 Å². The van der Waals surface area contributed by atoms with E-state index in [4.69, 9.17) is 0 Å². The Hall–Kier alpha value is -0.900. The highest BCUT2D eigenvalue weighted by molar-refractivity contribution is 5.87. The number of rotatable bonds is 4. The SMILES string of the molecule is CCC(C)C(=O)NN=C1CCN(CC)CC1. The molecule has 1 amide bonds. The van der Waals surface area contributed by atoms with Crippen molar-refractivity contribution in [3.8, 4) is 0 Å². The molecule has 1 N–H and O–H groups in total. The second-order valence-corrected chi connectivity index (χ2v) is 4.40. The number of nitrogens with zero attached hydrogens (tertiary/aromatic N) is 2. The average Bonchev–Trinajstić information content (AvgIpc) is 2.35. The van der Waals surface area contributed by atoms with Gasteiger partial charge in [-0.05, 0) is 13.0 Å². The molecular formula is C12H23N3O. The van der Waals surface area contributed by atoms with Gasteiger partial charge in [-0.2, -0.15) is 5.10 Å². The lowest BCUT2D eigenvalue weighted by atomic mass is 10.1. The normalized spacial score (nSPS) is 19.3. The number of piperidine rings is 1. The van der Waals surface area contributed by atoms with Crippen molar-refractivity contribution in [3.05, 3.63) is 0 Å². The molecule has 1 atom stereocenters. The largest absolute Gasteiger partial charge is 0.303 e. The van der Waals surface area contributed by atoms with Crippen LogP contribution in [0.15, 0.2) is 5.10 Å². The quantitative estimate of drug-likeness (QED) is 0.739. The van der Waals surface area contributed by atoms with Gasteiger partial charge in [-0.3, -0.25) is 4.79 Å². The summed E-state index contributed by atoms with van der Waals surface area (Å²) in [4.78, 5) is 13.9. The lowest BCUT2D eigenvalue weighted by Gasteiger charge is -2.25. The highest BCUT2D eigenvalue weighted by atomic mass is 16.2. The Morgan fingerprint density at radius 1 is 1.44 bits per heavy atom. The van der Waals surface area contributed by atoms with Crippen LogP contribution in [-0.4, -0.2) is 36.2 Å². The fourth-order valence-corrected chi connectivity index (χ4v) is 1.67. The summed E-state index contributed by atoms with van der Waals surface area (Å²) in [5.41, 5.74) is 3.79. The Morgan fingerprint density at radius 2 is 2.06 bits per heavy atom. The molecular weight excluding hydrogens is 202 g/mol. The van der Waals surface area contributed by atoms with Crippen LogP contribution in [0.1, 0.15) is 40.0 Å². The van der Waals surface area contributed by atoms with Gasteiger partial charge in [0.1, 0.15) is 0 Å². The molecule has 4 nitrogen and oxygen atoms in total. The number of hydrazone groups is 1. The molecule has 0 saturated carbocycles. The number of carbonyl (C=O) groups is 1. The topological polar surface area (TPSA) is 44.7 Å². The van der Waals surface area contributed by atoms with E-state index < -0.39 is 0 Å². The third-order valence-corrected chi connectivity index (χ3v) is 3.26. The molecule has 0 bridgehead atoms. The average molecular weight is 225 g/mol. The van der Waals surface area contributed by atoms with Gasteiger partial charge in [0.2, 0.25) is 5.91 Å². The first kappa shape index (κ1) is 13.2. The minimum atomic E-state index is 0.0351. The van der Waals surface area contributed by atoms with Crippen molar-refractivity contribution < 1.29 is 4.79 Å². The lowest BCUT2D eigenvalue weighted by Crippen LogP contribution is -2.35. The monoisotopic (exact) mass is 225 g/mol. The molecule has 1 unspecified atom stereocenters. The van der Waals surface area contributed by atoms with Gasteiger partial charge in [-0.25, -0.2) is 5.43 Å². The van der Waals surface area contributed by atoms with Crippen molar-refractivity contribution in [1.82, 2.24) is 10.3 Å². The Bertz CT molecular complexity index is 253. The van der Waals surface area contributed by atoms with Crippen molar-refractivity contribution >= 4 is 11.6 Å². The van der Waals surface area contributed by atoms with Gasteiger partial charge in [0.15, 0.2) is 0 Å². The number of amides is 1. The molecule has 0 aliphatic carbocycles. The Kier molecular flexibility index (Phi) is 5.46. The third-order valence-electron chi connectivity index (χ3n) is 3.26. The standard InChI is InChI=1S/C12H23N3O/c1-4-10(3)12(16)14-13-11-6-8-15(5-2)9-7-11/h10H,4-9H2,1-3H3,(H,14,16). The van der Waals surface area contributed by atoms with Crippen LogP contribution < -0.4 is 5.43 Å². The van der Waals surface area contributed by atoms with Crippen LogP contribution in [0.2, 0.25) is 0 Å². The summed E-state index contributed by atoms with van der Waals surface area (Å²) in [7, 11) is 0. The summed E-state index contributed by atoms with van der Waals surface area (Å²) in [5.74, 6) is 0.0907. The summed E-state index contributed by atoms with van der Waals surface area (Å²) >= 11 is 0. The third kappa shape index (κ3) is 3.93. The minimum absolute atomic E-state index is 0.0351. The van der Waals surface area contributed by atoms with Gasteiger partial charge in [0.05, 0.1) is 0 Å². The minimum Gasteiger partial charge on any atom is -0.303 e. The molecule has 0 aromatic rings. The van der Waals surface area contributed by atoms with Crippen LogP contribution in [0.3, 0.4) is 0 Å². The summed E-state index contributed by atoms with van der Waals surface area (Å²) in [6, 6.07) is 0. The van der Waals surface area contributed by atoms with E-state index in [9.17, 15) is 4.79 Å². The molecule has 1 fully saturated rings. The van der Waals surface area contributed by atoms with Crippen LogP contribution >= 0.6 is 0 Å². The van der Waals surface area contributed by atoms with Crippen LogP contribution in [0.25, 0.3) is 0 Å². The summed E-state index contributed by atoms with van der Waals surface area (Å²) in [5, 5.41) is 4.21. The van der Waals surface area contributed by atoms with Crippen molar-refractivity contribution in [2.24, 2.45) is 11.0 Å². The van der Waals surface area contributed by atoms with Crippen molar-refractivity contribution in [2.45, 2.75) is 40.0 Å². The fourth-order valence-electron chi connectivity index (χ4n) is 1.67. The zero-order valence-corrected chi connectivity index (χ0v) is 10.6. The van der Waals surface area contributed by atoms with Crippen molar-refractivity contribution in [1.29, 1.82) is 0 Å². The van der Waals surface area contributed by atoms with Gasteiger partial charge >= 0.3 is 0 Å². The second-order valence-electron chi connectivity index (χ2n) is 4.40. The van der Waals surface area contributed by atoms with Gasteiger partial charge in [0.25, 0.3) is 0 Å². The second kappa shape index (κ2) is 6.63. The maximum Gasteiger partial charge on any atom is 0.242 e. The fraction of sp³-hybridized carbons (Fsp3) is 0.833. The molecule has 1 rings (SSSR count). The molecule has 1 saturated heterocycles. The van der Waals surface area contributed by atoms with E-state index in [1.165, 1.54) is 0 Å². The summed E-state index contributed by atoms with van der Waals surface area (Å²) in [6.07, 6.45) is 2.82. The van der Waals surface area contributed by atoms with Crippen molar-refractivity contribution in [2.75, 3.05) is 19.6 Å². The number of hydrogen-bond donors (Lipinski definition) is 1. The van der Waals surface area contributed by atoms with Crippen molar-refractivity contribution in [3.63, 3.8) is 0 Å². The number of likely N-dealkylation sites (tertiary alicyclic amines) is 1. The predicted octanol–water partition coefficient (Wildman–Crippen LogP) is 1.62. The highest BCUT2D eigenvalue weighted by Crippen LogP contribution is 2.06. The Balaban J connectivity index is 2.33. The Labute approximate surface area is 98.1 Å². The number of nitrogens with one attached hydrogen (secondary N) is 1. The van der Waals surface area contributed by atoms with E-state index in [2.05, 4.69) is 22.4 Å². The van der Waals surface area contributed by atoms with Gasteiger partial charge in [0, 0.05) is 37.6 Å². The first-order valence-electron chi connectivity index (χ1n) is 6.25. The number of hydrogen-bond acceptors (Lipinski definition) is 3. The van der Waals surface area contributed by atoms with E-state index in [1.54, 1.807) is 0 Å². The summed E-state index contributed by atoms with van der Waals surface area (Å²) < 4.78 is 0. The summed E-state index contributed by atoms with van der Waals surface area (Å²) in [6.45, 7) is 9.34. The van der Waals surface area contributed by atoms with Gasteiger partial charge in [-0.1, -0.05) is 20.8 Å². The molecule has 0 spiro atoms. The van der Waals surface area contributed by atoms with Crippen LogP contribution in [0, 0.1) is 5.92 Å². The van der Waals surface area contributed by atoms with Gasteiger partial charge in [-0.15, -0.1) is 0 Å². The van der Waals surface area contributed by atoms with E-state index in [0.29, 0.717) is 0 Å². The molecule has 1 aliphatic rings.